The van der Waals surface area contributed by atoms with Crippen molar-refractivity contribution in [1.29, 1.82) is 0 Å². The van der Waals surface area contributed by atoms with Crippen molar-refractivity contribution in [3.63, 3.8) is 0 Å². The van der Waals surface area contributed by atoms with E-state index in [-0.39, 0.29) is 10.9 Å². The van der Waals surface area contributed by atoms with Gasteiger partial charge in [-0.05, 0) is 35.8 Å². The molecule has 1 aromatic rings. The van der Waals surface area contributed by atoms with Crippen LogP contribution in [0.4, 0.5) is 0 Å². The van der Waals surface area contributed by atoms with Gasteiger partial charge in [-0.3, -0.25) is 8.82 Å². The summed E-state index contributed by atoms with van der Waals surface area (Å²) in [5.74, 6) is 2.47. The fraction of sp³-hybridized carbons (Fsp3) is 0.526. The molecule has 7 heteroatoms. The van der Waals surface area contributed by atoms with Crippen molar-refractivity contribution in [2.45, 2.75) is 63.2 Å². The van der Waals surface area contributed by atoms with Crippen molar-refractivity contribution in [3.8, 4) is 12.3 Å². The number of carbonyl (C=O) groups is 1. The molecule has 4 nitrogen and oxygen atoms in total. The first-order valence-corrected chi connectivity index (χ1v) is 13.8. The van der Waals surface area contributed by atoms with Crippen LogP contribution in [0.25, 0.3) is 0 Å². The summed E-state index contributed by atoms with van der Waals surface area (Å²) in [6, 6.07) is 7.15. The largest absolute Gasteiger partial charge is 0.341 e. The molecular weight excluding hydrogens is 384 g/mol. The summed E-state index contributed by atoms with van der Waals surface area (Å²) in [5.41, 5.74) is 0.935. The second-order valence-electron chi connectivity index (χ2n) is 7.96. The molecule has 0 radical (unpaired) electrons. The zero-order chi connectivity index (χ0) is 20.2. The van der Waals surface area contributed by atoms with E-state index in [2.05, 4.69) is 43.8 Å². The van der Waals surface area contributed by atoms with Gasteiger partial charge < -0.3 is 4.90 Å². The van der Waals surface area contributed by atoms with Gasteiger partial charge in [-0.1, -0.05) is 32.9 Å². The Bertz CT molecular complexity index is 798. The summed E-state index contributed by atoms with van der Waals surface area (Å²) in [6.45, 7) is 10.9. The van der Waals surface area contributed by atoms with Crippen LogP contribution in [-0.2, 0) is 20.3 Å². The van der Waals surface area contributed by atoms with Crippen LogP contribution < -0.4 is 0 Å². The molecule has 0 aliphatic heterocycles. The summed E-state index contributed by atoms with van der Waals surface area (Å²) in [6.07, 6.45) is 5.97. The zero-order valence-corrected chi connectivity index (χ0v) is 19.1. The van der Waals surface area contributed by atoms with E-state index >= 15 is 0 Å². The van der Waals surface area contributed by atoms with Gasteiger partial charge in [0.15, 0.2) is 17.2 Å². The van der Waals surface area contributed by atoms with Gasteiger partial charge in [0.05, 0.1) is 4.90 Å². The minimum Gasteiger partial charge on any atom is -0.341 e. The van der Waals surface area contributed by atoms with E-state index in [0.29, 0.717) is 24.3 Å². The van der Waals surface area contributed by atoms with Crippen LogP contribution in [0.3, 0.4) is 0 Å². The van der Waals surface area contributed by atoms with E-state index < -0.39 is 17.2 Å². The third-order valence-corrected chi connectivity index (χ3v) is 13.2. The zero-order valence-electron chi connectivity index (χ0n) is 16.5. The lowest BCUT2D eigenvalue weighted by molar-refractivity contribution is -0.130. The van der Waals surface area contributed by atoms with Crippen LogP contribution in [-0.4, -0.2) is 30.3 Å². The van der Waals surface area contributed by atoms with E-state index in [0.717, 1.165) is 5.56 Å². The molecule has 26 heavy (non-hydrogen) atoms. The van der Waals surface area contributed by atoms with Gasteiger partial charge in [-0.25, -0.2) is 4.21 Å². The third-order valence-electron chi connectivity index (χ3n) is 4.72. The van der Waals surface area contributed by atoms with Gasteiger partial charge in [-0.15, -0.1) is 12.3 Å². The Morgan fingerprint density at radius 2 is 1.85 bits per heavy atom. The Kier molecular flexibility index (Phi) is 7.52. The molecule has 1 atom stereocenters. The topological polar surface area (TPSA) is 49.7 Å². The molecular formula is C19H29ClN2O2SSi. The number of halogens is 1. The first kappa shape index (κ1) is 22.7. The van der Waals surface area contributed by atoms with Crippen molar-refractivity contribution in [2.24, 2.45) is 4.03 Å². The molecule has 0 aliphatic carbocycles. The van der Waals surface area contributed by atoms with E-state index in [1.165, 1.54) is 0 Å². The van der Waals surface area contributed by atoms with Crippen molar-refractivity contribution in [1.82, 2.24) is 4.90 Å². The molecule has 144 valence electrons. The van der Waals surface area contributed by atoms with Crippen LogP contribution in [0.5, 0.6) is 0 Å². The molecule has 0 aromatic heterocycles. The Morgan fingerprint density at radius 3 is 2.31 bits per heavy atom. The number of carbonyl (C=O) groups excluding carboxylic acids is 1. The van der Waals surface area contributed by atoms with Crippen LogP contribution in [0, 0.1) is 12.3 Å². The summed E-state index contributed by atoms with van der Waals surface area (Å²) < 4.78 is 17.5. The predicted molar refractivity (Wildman–Crippen MR) is 113 cm³/mol. The lowest BCUT2D eigenvalue weighted by atomic mass is 10.2. The van der Waals surface area contributed by atoms with Gasteiger partial charge in [-0.2, -0.15) is 0 Å². The fourth-order valence-electron chi connectivity index (χ4n) is 1.98. The summed E-state index contributed by atoms with van der Waals surface area (Å²) in [5, 5.41) is -0.0358. The maximum Gasteiger partial charge on any atom is 0.223 e. The third kappa shape index (κ3) is 6.15. The molecule has 0 fully saturated rings. The van der Waals surface area contributed by atoms with E-state index in [9.17, 15) is 9.00 Å². The van der Waals surface area contributed by atoms with Gasteiger partial charge in [0, 0.05) is 37.1 Å². The Labute approximate surface area is 164 Å². The maximum absolute atomic E-state index is 13.0. The second kappa shape index (κ2) is 8.60. The number of nitrogens with zero attached hydrogens (tertiary/aromatic N) is 2. The van der Waals surface area contributed by atoms with Crippen LogP contribution in [0.2, 0.25) is 18.1 Å². The molecule has 0 spiro atoms. The SMILES string of the molecule is C#CCCC(=O)N(C)Cc1ccc(S(=O)(Cl)=N[Si](C)(C)C(C)(C)C)cc1. The quantitative estimate of drug-likeness (QED) is 0.373. The van der Waals surface area contributed by atoms with E-state index in [1.807, 2.05) is 12.1 Å². The first-order valence-electron chi connectivity index (χ1n) is 8.54. The Morgan fingerprint density at radius 1 is 1.31 bits per heavy atom. The molecule has 0 bridgehead atoms. The highest BCUT2D eigenvalue weighted by molar-refractivity contribution is 8.16. The van der Waals surface area contributed by atoms with Gasteiger partial charge >= 0.3 is 0 Å². The van der Waals surface area contributed by atoms with E-state index in [1.54, 1.807) is 24.1 Å². The van der Waals surface area contributed by atoms with Crippen molar-refractivity contribution < 1.29 is 9.00 Å². The van der Waals surface area contributed by atoms with Crippen LogP contribution >= 0.6 is 10.7 Å². The summed E-state index contributed by atoms with van der Waals surface area (Å²) in [4.78, 5) is 14.1. The smallest absolute Gasteiger partial charge is 0.223 e. The normalized spacial score (nSPS) is 14.2. The number of hydrogen-bond acceptors (Lipinski definition) is 3. The van der Waals surface area contributed by atoms with Crippen molar-refractivity contribution in [3.05, 3.63) is 29.8 Å². The highest BCUT2D eigenvalue weighted by Gasteiger charge is 2.37. The van der Waals surface area contributed by atoms with Crippen molar-refractivity contribution in [2.75, 3.05) is 7.05 Å². The minimum absolute atomic E-state index is 0.00101. The van der Waals surface area contributed by atoms with Gasteiger partial charge in [0.25, 0.3) is 0 Å². The second-order valence-corrected chi connectivity index (χ2v) is 15.9. The molecule has 1 amide bonds. The maximum atomic E-state index is 13.0. The van der Waals surface area contributed by atoms with Crippen LogP contribution in [0.15, 0.2) is 33.2 Å². The Hall–Kier alpha value is -1.29. The molecule has 1 aromatic carbocycles. The molecule has 0 N–H and O–H groups in total. The van der Waals surface area contributed by atoms with E-state index in [4.69, 9.17) is 17.1 Å². The highest BCUT2D eigenvalue weighted by Crippen LogP contribution is 2.39. The number of benzene rings is 1. The number of hydrogen-bond donors (Lipinski definition) is 0. The molecule has 1 rings (SSSR count). The average Bonchev–Trinajstić information content (AvgIpc) is 2.51. The van der Waals surface area contributed by atoms with Gasteiger partial charge in [0.1, 0.15) is 0 Å². The molecule has 0 saturated heterocycles. The lowest BCUT2D eigenvalue weighted by Crippen LogP contribution is -2.35. The predicted octanol–water partition coefficient (Wildman–Crippen LogP) is 5.04. The summed E-state index contributed by atoms with van der Waals surface area (Å²) >= 11 is 0. The first-order chi connectivity index (χ1) is 11.8. The molecule has 1 unspecified atom stereocenters. The average molecular weight is 413 g/mol. The monoisotopic (exact) mass is 412 g/mol. The number of terminal acetylenes is 1. The summed E-state index contributed by atoms with van der Waals surface area (Å²) in [7, 11) is 2.96. The number of rotatable bonds is 6. The standard InChI is InChI=1S/C19H29ClN2O2SSi/c1-8-9-10-18(23)22(5)15-16-11-13-17(14-12-16)25(20,24)21-26(6,7)19(2,3)4/h1,11-14H,9-10,15H2,2-7H3. The molecule has 0 saturated carbocycles. The van der Waals surface area contributed by atoms with Crippen LogP contribution in [0.1, 0.15) is 39.2 Å². The molecule has 0 aliphatic rings. The Balaban J connectivity index is 2.98. The minimum atomic E-state index is -2.97. The highest BCUT2D eigenvalue weighted by atomic mass is 35.7. The number of amides is 1. The molecule has 0 heterocycles. The van der Waals surface area contributed by atoms with Crippen molar-refractivity contribution >= 4 is 33.8 Å². The fourth-order valence-corrected chi connectivity index (χ4v) is 8.18. The lowest BCUT2D eigenvalue weighted by Gasteiger charge is -2.32. The van der Waals surface area contributed by atoms with Gasteiger partial charge in [0.2, 0.25) is 5.91 Å².